The van der Waals surface area contributed by atoms with Gasteiger partial charge in [0.25, 0.3) is 5.91 Å². The summed E-state index contributed by atoms with van der Waals surface area (Å²) in [7, 11) is 0. The van der Waals surface area contributed by atoms with Crippen LogP contribution in [0.1, 0.15) is 23.7 Å². The molecular formula is C11H15FN2O. The Morgan fingerprint density at radius 2 is 2.07 bits per heavy atom. The molecule has 0 aliphatic heterocycles. The average Bonchev–Trinajstić information content (AvgIpc) is 2.26. The molecule has 1 atom stereocenters. The summed E-state index contributed by atoms with van der Waals surface area (Å²) in [6.45, 7) is 2.35. The standard InChI is InChI=1S/C11H15FN2O/c1-2-10(7-13)14-11(15)8-3-5-9(12)6-4-8/h3-6,10H,2,7,13H2,1H3,(H,14,15). The van der Waals surface area contributed by atoms with Crippen LogP contribution in [0, 0.1) is 5.82 Å². The summed E-state index contributed by atoms with van der Waals surface area (Å²) in [5.74, 6) is -0.565. The van der Waals surface area contributed by atoms with Crippen LogP contribution in [-0.2, 0) is 0 Å². The molecular weight excluding hydrogens is 195 g/mol. The molecule has 1 rings (SSSR count). The van der Waals surface area contributed by atoms with Crippen molar-refractivity contribution in [3.63, 3.8) is 0 Å². The van der Waals surface area contributed by atoms with Crippen molar-refractivity contribution in [1.82, 2.24) is 5.32 Å². The first-order valence-electron chi connectivity index (χ1n) is 4.94. The lowest BCUT2D eigenvalue weighted by Gasteiger charge is -2.14. The minimum Gasteiger partial charge on any atom is -0.348 e. The van der Waals surface area contributed by atoms with Gasteiger partial charge in [0.15, 0.2) is 0 Å². The number of rotatable bonds is 4. The molecule has 1 aromatic rings. The fourth-order valence-electron chi connectivity index (χ4n) is 1.20. The van der Waals surface area contributed by atoms with Gasteiger partial charge in [0.1, 0.15) is 5.82 Å². The van der Waals surface area contributed by atoms with Gasteiger partial charge in [-0.25, -0.2) is 4.39 Å². The number of amides is 1. The monoisotopic (exact) mass is 210 g/mol. The summed E-state index contributed by atoms with van der Waals surface area (Å²) in [4.78, 5) is 11.6. The molecule has 4 heteroatoms. The van der Waals surface area contributed by atoms with Crippen molar-refractivity contribution in [3.05, 3.63) is 35.6 Å². The molecule has 15 heavy (non-hydrogen) atoms. The van der Waals surface area contributed by atoms with Gasteiger partial charge in [-0.1, -0.05) is 6.92 Å². The largest absolute Gasteiger partial charge is 0.348 e. The molecule has 3 N–H and O–H groups in total. The summed E-state index contributed by atoms with van der Waals surface area (Å²) in [5, 5.41) is 2.77. The molecule has 0 radical (unpaired) electrons. The molecule has 1 aromatic carbocycles. The third kappa shape index (κ3) is 3.32. The zero-order chi connectivity index (χ0) is 11.3. The highest BCUT2D eigenvalue weighted by Gasteiger charge is 2.10. The quantitative estimate of drug-likeness (QED) is 0.786. The molecule has 0 heterocycles. The highest BCUT2D eigenvalue weighted by molar-refractivity contribution is 5.94. The van der Waals surface area contributed by atoms with E-state index in [1.165, 1.54) is 24.3 Å². The molecule has 1 amide bonds. The number of nitrogens with two attached hydrogens (primary N) is 1. The van der Waals surface area contributed by atoms with Crippen LogP contribution in [0.3, 0.4) is 0 Å². The first kappa shape index (κ1) is 11.7. The lowest BCUT2D eigenvalue weighted by molar-refractivity contribution is 0.0937. The van der Waals surface area contributed by atoms with Crippen LogP contribution in [0.2, 0.25) is 0 Å². The lowest BCUT2D eigenvalue weighted by Crippen LogP contribution is -2.39. The van der Waals surface area contributed by atoms with Gasteiger partial charge in [0.2, 0.25) is 0 Å². The van der Waals surface area contributed by atoms with E-state index in [-0.39, 0.29) is 17.8 Å². The fraction of sp³-hybridized carbons (Fsp3) is 0.364. The SMILES string of the molecule is CCC(CN)NC(=O)c1ccc(F)cc1. The Bertz CT molecular complexity index is 320. The lowest BCUT2D eigenvalue weighted by atomic mass is 10.1. The molecule has 0 saturated heterocycles. The third-order valence-corrected chi connectivity index (χ3v) is 2.22. The van der Waals surface area contributed by atoms with Crippen molar-refractivity contribution in [1.29, 1.82) is 0 Å². The van der Waals surface area contributed by atoms with E-state index in [0.29, 0.717) is 12.1 Å². The molecule has 82 valence electrons. The Morgan fingerprint density at radius 3 is 2.53 bits per heavy atom. The third-order valence-electron chi connectivity index (χ3n) is 2.22. The van der Waals surface area contributed by atoms with Crippen molar-refractivity contribution in [2.45, 2.75) is 19.4 Å². The molecule has 1 unspecified atom stereocenters. The number of hydrogen-bond acceptors (Lipinski definition) is 2. The molecule has 0 aliphatic carbocycles. The molecule has 0 fully saturated rings. The van der Waals surface area contributed by atoms with E-state index in [1.807, 2.05) is 6.92 Å². The maximum Gasteiger partial charge on any atom is 0.251 e. The van der Waals surface area contributed by atoms with Gasteiger partial charge in [-0.05, 0) is 30.7 Å². The van der Waals surface area contributed by atoms with E-state index in [2.05, 4.69) is 5.32 Å². The molecule has 0 aliphatic rings. The zero-order valence-corrected chi connectivity index (χ0v) is 8.66. The minimum atomic E-state index is -0.350. The number of benzene rings is 1. The summed E-state index contributed by atoms with van der Waals surface area (Å²) in [5.41, 5.74) is 5.91. The topological polar surface area (TPSA) is 55.1 Å². The summed E-state index contributed by atoms with van der Waals surface area (Å²) in [6.07, 6.45) is 0.781. The van der Waals surface area contributed by atoms with Crippen LogP contribution in [-0.4, -0.2) is 18.5 Å². The van der Waals surface area contributed by atoms with Crippen molar-refractivity contribution < 1.29 is 9.18 Å². The van der Waals surface area contributed by atoms with Gasteiger partial charge in [0, 0.05) is 18.2 Å². The van der Waals surface area contributed by atoms with Crippen molar-refractivity contribution in [2.24, 2.45) is 5.73 Å². The van der Waals surface area contributed by atoms with Gasteiger partial charge in [0.05, 0.1) is 0 Å². The number of carbonyl (C=O) groups excluding carboxylic acids is 1. The van der Waals surface area contributed by atoms with E-state index in [1.54, 1.807) is 0 Å². The van der Waals surface area contributed by atoms with E-state index >= 15 is 0 Å². The Kier molecular flexibility index (Phi) is 4.24. The molecule has 0 bridgehead atoms. The zero-order valence-electron chi connectivity index (χ0n) is 8.66. The van der Waals surface area contributed by atoms with E-state index in [9.17, 15) is 9.18 Å². The first-order chi connectivity index (χ1) is 7.17. The van der Waals surface area contributed by atoms with Crippen LogP contribution < -0.4 is 11.1 Å². The second kappa shape index (κ2) is 5.46. The van der Waals surface area contributed by atoms with E-state index < -0.39 is 0 Å². The molecule has 0 aromatic heterocycles. The van der Waals surface area contributed by atoms with Gasteiger partial charge < -0.3 is 11.1 Å². The predicted octanol–water partition coefficient (Wildman–Crippen LogP) is 1.29. The minimum absolute atomic E-state index is 0.0254. The van der Waals surface area contributed by atoms with Crippen molar-refractivity contribution in [3.8, 4) is 0 Å². The number of carbonyl (C=O) groups is 1. The Balaban J connectivity index is 2.64. The van der Waals surface area contributed by atoms with Gasteiger partial charge in [-0.2, -0.15) is 0 Å². The van der Waals surface area contributed by atoms with Crippen LogP contribution in [0.4, 0.5) is 4.39 Å². The van der Waals surface area contributed by atoms with Crippen LogP contribution in [0.25, 0.3) is 0 Å². The normalized spacial score (nSPS) is 12.2. The van der Waals surface area contributed by atoms with Gasteiger partial charge in [-0.15, -0.1) is 0 Å². The first-order valence-corrected chi connectivity index (χ1v) is 4.94. The highest BCUT2D eigenvalue weighted by atomic mass is 19.1. The van der Waals surface area contributed by atoms with Gasteiger partial charge >= 0.3 is 0 Å². The van der Waals surface area contributed by atoms with Crippen LogP contribution >= 0.6 is 0 Å². The smallest absolute Gasteiger partial charge is 0.251 e. The average molecular weight is 210 g/mol. The number of halogens is 1. The molecule has 0 spiro atoms. The molecule has 0 saturated carbocycles. The Labute approximate surface area is 88.5 Å². The van der Waals surface area contributed by atoms with Gasteiger partial charge in [-0.3, -0.25) is 4.79 Å². The predicted molar refractivity (Wildman–Crippen MR) is 57.0 cm³/mol. The summed E-state index contributed by atoms with van der Waals surface area (Å²) >= 11 is 0. The van der Waals surface area contributed by atoms with Crippen LogP contribution in [0.15, 0.2) is 24.3 Å². The summed E-state index contributed by atoms with van der Waals surface area (Å²) in [6, 6.07) is 5.40. The fourth-order valence-corrected chi connectivity index (χ4v) is 1.20. The molecule has 3 nitrogen and oxygen atoms in total. The van der Waals surface area contributed by atoms with Crippen molar-refractivity contribution in [2.75, 3.05) is 6.54 Å². The number of hydrogen-bond donors (Lipinski definition) is 2. The Morgan fingerprint density at radius 1 is 1.47 bits per heavy atom. The second-order valence-electron chi connectivity index (χ2n) is 3.32. The number of nitrogens with one attached hydrogen (secondary N) is 1. The van der Waals surface area contributed by atoms with Crippen molar-refractivity contribution >= 4 is 5.91 Å². The van der Waals surface area contributed by atoms with E-state index in [4.69, 9.17) is 5.73 Å². The second-order valence-corrected chi connectivity index (χ2v) is 3.32. The summed E-state index contributed by atoms with van der Waals surface area (Å²) < 4.78 is 12.6. The highest BCUT2D eigenvalue weighted by Crippen LogP contribution is 2.03. The Hall–Kier alpha value is -1.42. The van der Waals surface area contributed by atoms with E-state index in [0.717, 1.165) is 6.42 Å². The maximum absolute atomic E-state index is 12.6. The maximum atomic E-state index is 12.6. The van der Waals surface area contributed by atoms with Crippen LogP contribution in [0.5, 0.6) is 0 Å².